The molecule has 1 aromatic rings. The summed E-state index contributed by atoms with van der Waals surface area (Å²) in [7, 11) is 3.30. The van der Waals surface area contributed by atoms with Crippen molar-refractivity contribution in [2.45, 2.75) is 13.3 Å². The van der Waals surface area contributed by atoms with Gasteiger partial charge in [0.2, 0.25) is 5.91 Å². The Balaban J connectivity index is 2.61. The monoisotopic (exact) mass is 291 g/mol. The molecule has 21 heavy (non-hydrogen) atoms. The lowest BCUT2D eigenvalue weighted by molar-refractivity contribution is -0.126. The first kappa shape index (κ1) is 17.4. The minimum atomic E-state index is 0.00431. The predicted molar refractivity (Wildman–Crippen MR) is 85.2 cm³/mol. The number of methoxy groups -OCH3 is 2. The van der Waals surface area contributed by atoms with Crippen LogP contribution in [0, 0.1) is 6.92 Å². The third-order valence-corrected chi connectivity index (χ3v) is 3.11. The van der Waals surface area contributed by atoms with Gasteiger partial charge in [-0.25, -0.2) is 0 Å². The molecule has 0 aliphatic rings. The molecular formula is C17H25NO3. The number of amides is 1. The van der Waals surface area contributed by atoms with Crippen molar-refractivity contribution in [1.29, 1.82) is 0 Å². The summed E-state index contributed by atoms with van der Waals surface area (Å²) in [6.45, 7) is 4.50. The molecule has 0 saturated carbocycles. The third kappa shape index (κ3) is 7.06. The van der Waals surface area contributed by atoms with E-state index in [9.17, 15) is 4.79 Å². The minimum absolute atomic E-state index is 0.00431. The van der Waals surface area contributed by atoms with E-state index in [4.69, 9.17) is 9.47 Å². The van der Waals surface area contributed by atoms with Crippen LogP contribution in [-0.4, -0.2) is 51.3 Å². The molecule has 1 amide bonds. The van der Waals surface area contributed by atoms with Crippen molar-refractivity contribution in [2.75, 3.05) is 40.5 Å². The van der Waals surface area contributed by atoms with Crippen LogP contribution in [0.3, 0.4) is 0 Å². The summed E-state index contributed by atoms with van der Waals surface area (Å²) in [5, 5.41) is 0. The van der Waals surface area contributed by atoms with Gasteiger partial charge in [0.15, 0.2) is 0 Å². The Kier molecular flexibility index (Phi) is 8.40. The molecule has 0 aromatic heterocycles. The van der Waals surface area contributed by atoms with E-state index in [1.54, 1.807) is 25.2 Å². The van der Waals surface area contributed by atoms with Gasteiger partial charge in [-0.15, -0.1) is 0 Å². The highest BCUT2D eigenvalue weighted by Gasteiger charge is 2.09. The summed E-state index contributed by atoms with van der Waals surface area (Å²) in [5.41, 5.74) is 2.22. The fourth-order valence-corrected chi connectivity index (χ4v) is 1.98. The number of carbonyl (C=O) groups is 1. The van der Waals surface area contributed by atoms with Gasteiger partial charge < -0.3 is 14.4 Å². The molecule has 4 nitrogen and oxygen atoms in total. The third-order valence-electron chi connectivity index (χ3n) is 3.11. The number of nitrogens with zero attached hydrogens (tertiary/aromatic N) is 1. The Labute approximate surface area is 127 Å². The first-order valence-electron chi connectivity index (χ1n) is 7.19. The second-order valence-electron chi connectivity index (χ2n) is 4.91. The highest BCUT2D eigenvalue weighted by molar-refractivity contribution is 5.91. The van der Waals surface area contributed by atoms with E-state index in [1.807, 2.05) is 37.3 Å². The maximum atomic E-state index is 12.2. The van der Waals surface area contributed by atoms with Gasteiger partial charge in [0.1, 0.15) is 0 Å². The van der Waals surface area contributed by atoms with Crippen LogP contribution >= 0.6 is 0 Å². The molecule has 0 atom stereocenters. The molecule has 4 heteroatoms. The average Bonchev–Trinajstić information content (AvgIpc) is 2.48. The van der Waals surface area contributed by atoms with Crippen LogP contribution in [0.1, 0.15) is 17.5 Å². The van der Waals surface area contributed by atoms with Gasteiger partial charge in [-0.3, -0.25) is 4.79 Å². The molecule has 0 spiro atoms. The zero-order valence-electron chi connectivity index (χ0n) is 13.2. The zero-order valence-corrected chi connectivity index (χ0v) is 13.2. The van der Waals surface area contributed by atoms with E-state index in [1.165, 1.54) is 5.56 Å². The summed E-state index contributed by atoms with van der Waals surface area (Å²) >= 11 is 0. The highest BCUT2D eigenvalue weighted by atomic mass is 16.5. The summed E-state index contributed by atoms with van der Waals surface area (Å²) in [5.74, 6) is 0.00431. The van der Waals surface area contributed by atoms with Crippen LogP contribution < -0.4 is 0 Å². The SMILES string of the molecule is COCCCN(CCOC)C(=O)C=Cc1cccc(C)c1. The Morgan fingerprint density at radius 3 is 2.62 bits per heavy atom. The van der Waals surface area contributed by atoms with Crippen LogP contribution in [0.4, 0.5) is 0 Å². The second kappa shape index (κ2) is 10.1. The maximum absolute atomic E-state index is 12.2. The Hall–Kier alpha value is -1.65. The molecule has 0 heterocycles. The van der Waals surface area contributed by atoms with E-state index in [-0.39, 0.29) is 5.91 Å². The smallest absolute Gasteiger partial charge is 0.246 e. The van der Waals surface area contributed by atoms with E-state index < -0.39 is 0 Å². The first-order valence-corrected chi connectivity index (χ1v) is 7.19. The van der Waals surface area contributed by atoms with Crippen LogP contribution in [0.15, 0.2) is 30.3 Å². The van der Waals surface area contributed by atoms with Gasteiger partial charge in [-0.1, -0.05) is 29.8 Å². The standard InChI is InChI=1S/C17H25NO3/c1-15-6-4-7-16(14-15)8-9-17(19)18(11-13-21-3)10-5-12-20-2/h4,6-9,14H,5,10-13H2,1-3H3. The molecule has 0 radical (unpaired) electrons. The molecule has 1 rings (SSSR count). The van der Waals surface area contributed by atoms with Crippen molar-refractivity contribution in [3.63, 3.8) is 0 Å². The lowest BCUT2D eigenvalue weighted by Gasteiger charge is -2.20. The molecule has 1 aromatic carbocycles. The molecule has 116 valence electrons. The van der Waals surface area contributed by atoms with Crippen molar-refractivity contribution in [1.82, 2.24) is 4.90 Å². The molecule has 0 saturated heterocycles. The molecule has 0 N–H and O–H groups in total. The van der Waals surface area contributed by atoms with Gasteiger partial charge >= 0.3 is 0 Å². The van der Waals surface area contributed by atoms with Crippen molar-refractivity contribution >= 4 is 12.0 Å². The normalized spacial score (nSPS) is 11.0. The summed E-state index contributed by atoms with van der Waals surface area (Å²) in [4.78, 5) is 14.0. The van der Waals surface area contributed by atoms with Gasteiger partial charge in [-0.05, 0) is 25.0 Å². The van der Waals surface area contributed by atoms with Gasteiger partial charge in [-0.2, -0.15) is 0 Å². The van der Waals surface area contributed by atoms with Crippen molar-refractivity contribution in [3.05, 3.63) is 41.5 Å². The fourth-order valence-electron chi connectivity index (χ4n) is 1.98. The van der Waals surface area contributed by atoms with Crippen LogP contribution in [-0.2, 0) is 14.3 Å². The first-order chi connectivity index (χ1) is 10.2. The molecule has 0 bridgehead atoms. The van der Waals surface area contributed by atoms with Gasteiger partial charge in [0, 0.05) is 40.0 Å². The predicted octanol–water partition coefficient (Wildman–Crippen LogP) is 2.52. The van der Waals surface area contributed by atoms with E-state index >= 15 is 0 Å². The van der Waals surface area contributed by atoms with E-state index in [0.717, 1.165) is 12.0 Å². The second-order valence-corrected chi connectivity index (χ2v) is 4.91. The lowest BCUT2D eigenvalue weighted by atomic mass is 10.1. The number of carbonyl (C=O) groups excluding carboxylic acids is 1. The number of hydrogen-bond donors (Lipinski definition) is 0. The Bertz CT molecular complexity index is 457. The lowest BCUT2D eigenvalue weighted by Crippen LogP contribution is -2.34. The number of ether oxygens (including phenoxy) is 2. The maximum Gasteiger partial charge on any atom is 0.246 e. The van der Waals surface area contributed by atoms with Gasteiger partial charge in [0.25, 0.3) is 0 Å². The molecule has 0 fully saturated rings. The number of benzene rings is 1. The summed E-state index contributed by atoms with van der Waals surface area (Å²) in [6.07, 6.45) is 4.30. The minimum Gasteiger partial charge on any atom is -0.385 e. The molecule has 0 aliphatic carbocycles. The average molecular weight is 291 g/mol. The van der Waals surface area contributed by atoms with Gasteiger partial charge in [0.05, 0.1) is 6.61 Å². The van der Waals surface area contributed by atoms with Crippen LogP contribution in [0.2, 0.25) is 0 Å². The molecule has 0 unspecified atom stereocenters. The van der Waals surface area contributed by atoms with Crippen LogP contribution in [0.5, 0.6) is 0 Å². The fraction of sp³-hybridized carbons (Fsp3) is 0.471. The van der Waals surface area contributed by atoms with Crippen molar-refractivity contribution in [3.8, 4) is 0 Å². The highest BCUT2D eigenvalue weighted by Crippen LogP contribution is 2.06. The van der Waals surface area contributed by atoms with Crippen molar-refractivity contribution in [2.24, 2.45) is 0 Å². The van der Waals surface area contributed by atoms with Crippen LogP contribution in [0.25, 0.3) is 6.08 Å². The summed E-state index contributed by atoms with van der Waals surface area (Å²) in [6, 6.07) is 8.06. The number of hydrogen-bond acceptors (Lipinski definition) is 3. The number of rotatable bonds is 9. The molecule has 0 aliphatic heterocycles. The Morgan fingerprint density at radius 2 is 1.95 bits per heavy atom. The quantitative estimate of drug-likeness (QED) is 0.518. The number of aryl methyl sites for hydroxylation is 1. The molecular weight excluding hydrogens is 266 g/mol. The summed E-state index contributed by atoms with van der Waals surface area (Å²) < 4.78 is 10.1. The zero-order chi connectivity index (χ0) is 15.5. The Morgan fingerprint density at radius 1 is 1.19 bits per heavy atom. The largest absolute Gasteiger partial charge is 0.385 e. The van der Waals surface area contributed by atoms with E-state index in [0.29, 0.717) is 26.3 Å². The van der Waals surface area contributed by atoms with Crippen molar-refractivity contribution < 1.29 is 14.3 Å². The van der Waals surface area contributed by atoms with E-state index in [2.05, 4.69) is 0 Å². The topological polar surface area (TPSA) is 38.8 Å².